The molecule has 0 spiro atoms. The van der Waals surface area contributed by atoms with E-state index in [1.54, 1.807) is 18.2 Å². The van der Waals surface area contributed by atoms with Crippen LogP contribution in [0.15, 0.2) is 42.5 Å². The van der Waals surface area contributed by atoms with E-state index < -0.39 is 0 Å². The fraction of sp³-hybridized carbons (Fsp3) is 0.0667. The summed E-state index contributed by atoms with van der Waals surface area (Å²) in [5.74, 6) is -0.261. The van der Waals surface area contributed by atoms with Crippen LogP contribution in [0.25, 0.3) is 11.0 Å². The first-order chi connectivity index (χ1) is 9.69. The molecule has 3 nitrogen and oxygen atoms in total. The first kappa shape index (κ1) is 12.6. The van der Waals surface area contributed by atoms with Gasteiger partial charge in [0.1, 0.15) is 11.9 Å². The van der Waals surface area contributed by atoms with Gasteiger partial charge in [0.05, 0.1) is 23.1 Å². The number of para-hydroxylation sites is 1. The van der Waals surface area contributed by atoms with E-state index in [1.807, 2.05) is 16.7 Å². The van der Waals surface area contributed by atoms with Crippen molar-refractivity contribution in [2.24, 2.45) is 0 Å². The molecule has 0 radical (unpaired) electrons. The van der Waals surface area contributed by atoms with E-state index in [9.17, 15) is 4.39 Å². The highest BCUT2D eigenvalue weighted by Crippen LogP contribution is 2.19. The first-order valence-corrected chi connectivity index (χ1v) is 6.46. The molecule has 0 unspecified atom stereocenters. The number of aromatic amines is 1. The van der Waals surface area contributed by atoms with E-state index in [0.717, 1.165) is 16.6 Å². The predicted octanol–water partition coefficient (Wildman–Crippen LogP) is 3.76. The molecule has 1 heterocycles. The number of nitrogens with one attached hydrogen (secondary N) is 1. The van der Waals surface area contributed by atoms with E-state index in [0.29, 0.717) is 16.9 Å². The normalized spacial score (nSPS) is 10.6. The Kier molecular flexibility index (Phi) is 3.09. The Morgan fingerprint density at radius 2 is 1.95 bits per heavy atom. The second-order valence-electron chi connectivity index (χ2n) is 4.45. The topological polar surface area (TPSA) is 44.5 Å². The number of fused-ring (bicyclic) bond motifs is 1. The van der Waals surface area contributed by atoms with Gasteiger partial charge in [-0.25, -0.2) is 4.39 Å². The summed E-state index contributed by atoms with van der Waals surface area (Å²) in [7, 11) is 0. The third-order valence-electron chi connectivity index (χ3n) is 3.18. The smallest absolute Gasteiger partial charge is 0.178 e. The van der Waals surface area contributed by atoms with Crippen LogP contribution >= 0.6 is 12.2 Å². The van der Waals surface area contributed by atoms with E-state index in [4.69, 9.17) is 17.5 Å². The molecule has 0 aliphatic rings. The van der Waals surface area contributed by atoms with Crippen LogP contribution in [-0.4, -0.2) is 9.55 Å². The van der Waals surface area contributed by atoms with Crippen LogP contribution in [0.3, 0.4) is 0 Å². The van der Waals surface area contributed by atoms with Crippen molar-refractivity contribution in [2.45, 2.75) is 6.54 Å². The lowest BCUT2D eigenvalue weighted by molar-refractivity contribution is 0.626. The maximum absolute atomic E-state index is 12.9. The van der Waals surface area contributed by atoms with Crippen LogP contribution in [0.4, 0.5) is 4.39 Å². The number of halogens is 1. The number of aromatic nitrogens is 2. The Morgan fingerprint density at radius 3 is 2.65 bits per heavy atom. The SMILES string of the molecule is N#Cc1cccc2c1[nH]c(=S)n2Cc1ccc(F)cc1. The van der Waals surface area contributed by atoms with Crippen molar-refractivity contribution in [2.75, 3.05) is 0 Å². The highest BCUT2D eigenvalue weighted by molar-refractivity contribution is 7.71. The molecule has 3 aromatic rings. The van der Waals surface area contributed by atoms with E-state index in [-0.39, 0.29) is 5.82 Å². The van der Waals surface area contributed by atoms with Gasteiger partial charge in [0, 0.05) is 0 Å². The highest BCUT2D eigenvalue weighted by atomic mass is 32.1. The van der Waals surface area contributed by atoms with Crippen LogP contribution in [0, 0.1) is 21.9 Å². The van der Waals surface area contributed by atoms with E-state index >= 15 is 0 Å². The molecular weight excluding hydrogens is 273 g/mol. The zero-order valence-electron chi connectivity index (χ0n) is 10.4. The van der Waals surface area contributed by atoms with Crippen LogP contribution in [-0.2, 0) is 6.54 Å². The van der Waals surface area contributed by atoms with E-state index in [1.165, 1.54) is 12.1 Å². The molecule has 1 N–H and O–H groups in total. The van der Waals surface area contributed by atoms with Crippen molar-refractivity contribution in [1.82, 2.24) is 9.55 Å². The van der Waals surface area contributed by atoms with Gasteiger partial charge in [-0.3, -0.25) is 0 Å². The molecule has 0 saturated carbocycles. The minimum Gasteiger partial charge on any atom is -0.329 e. The number of nitrogens with zero attached hydrogens (tertiary/aromatic N) is 2. The molecule has 0 saturated heterocycles. The Bertz CT molecular complexity index is 869. The lowest BCUT2D eigenvalue weighted by Gasteiger charge is -2.05. The summed E-state index contributed by atoms with van der Waals surface area (Å²) in [5, 5.41) is 9.10. The molecule has 0 bridgehead atoms. The average Bonchev–Trinajstić information content (AvgIpc) is 2.77. The third kappa shape index (κ3) is 2.10. The lowest BCUT2D eigenvalue weighted by Crippen LogP contribution is -1.99. The van der Waals surface area contributed by atoms with Gasteiger partial charge in [-0.15, -0.1) is 0 Å². The Balaban J connectivity index is 2.13. The Hall–Kier alpha value is -2.45. The summed E-state index contributed by atoms with van der Waals surface area (Å²) in [6.45, 7) is 0.536. The van der Waals surface area contributed by atoms with Gasteiger partial charge in [-0.1, -0.05) is 18.2 Å². The largest absolute Gasteiger partial charge is 0.329 e. The molecule has 3 rings (SSSR count). The molecule has 0 atom stereocenters. The second-order valence-corrected chi connectivity index (χ2v) is 4.84. The zero-order chi connectivity index (χ0) is 14.1. The molecule has 0 aliphatic heterocycles. The third-order valence-corrected chi connectivity index (χ3v) is 3.51. The molecule has 20 heavy (non-hydrogen) atoms. The number of hydrogen-bond donors (Lipinski definition) is 1. The molecule has 98 valence electrons. The van der Waals surface area contributed by atoms with Crippen LogP contribution in [0.2, 0.25) is 0 Å². The molecule has 0 aliphatic carbocycles. The number of hydrogen-bond acceptors (Lipinski definition) is 2. The Morgan fingerprint density at radius 1 is 1.20 bits per heavy atom. The minimum atomic E-state index is -0.261. The van der Waals surface area contributed by atoms with Crippen molar-refractivity contribution in [3.8, 4) is 6.07 Å². The van der Waals surface area contributed by atoms with Crippen molar-refractivity contribution in [3.05, 3.63) is 64.2 Å². The summed E-state index contributed by atoms with van der Waals surface area (Å²) in [6.07, 6.45) is 0. The number of H-pyrrole nitrogens is 1. The summed E-state index contributed by atoms with van der Waals surface area (Å²) in [5.41, 5.74) is 3.12. The highest BCUT2D eigenvalue weighted by Gasteiger charge is 2.08. The number of imidazole rings is 1. The standard InChI is InChI=1S/C15H10FN3S/c16-12-6-4-10(5-7-12)9-19-13-3-1-2-11(8-17)14(13)18-15(19)20/h1-7H,9H2,(H,18,20). The quantitative estimate of drug-likeness (QED) is 0.728. The average molecular weight is 283 g/mol. The van der Waals surface area contributed by atoms with Crippen molar-refractivity contribution in [3.63, 3.8) is 0 Å². The summed E-state index contributed by atoms with van der Waals surface area (Å²) < 4.78 is 15.4. The van der Waals surface area contributed by atoms with Crippen molar-refractivity contribution >= 4 is 23.3 Å². The van der Waals surface area contributed by atoms with Crippen LogP contribution < -0.4 is 0 Å². The van der Waals surface area contributed by atoms with E-state index in [2.05, 4.69) is 11.1 Å². The summed E-state index contributed by atoms with van der Waals surface area (Å²) >= 11 is 5.31. The monoisotopic (exact) mass is 283 g/mol. The maximum Gasteiger partial charge on any atom is 0.178 e. The molecular formula is C15H10FN3S. The van der Waals surface area contributed by atoms with Crippen LogP contribution in [0.1, 0.15) is 11.1 Å². The first-order valence-electron chi connectivity index (χ1n) is 6.05. The second kappa shape index (κ2) is 4.91. The molecule has 5 heteroatoms. The van der Waals surface area contributed by atoms with Gasteiger partial charge >= 0.3 is 0 Å². The molecule has 1 aromatic heterocycles. The van der Waals surface area contributed by atoms with Crippen molar-refractivity contribution in [1.29, 1.82) is 5.26 Å². The van der Waals surface area contributed by atoms with Gasteiger partial charge in [0.15, 0.2) is 4.77 Å². The molecule has 0 fully saturated rings. The molecule has 2 aromatic carbocycles. The number of benzene rings is 2. The number of nitriles is 1. The van der Waals surface area contributed by atoms with Crippen LogP contribution in [0.5, 0.6) is 0 Å². The molecule has 0 amide bonds. The van der Waals surface area contributed by atoms with Gasteiger partial charge < -0.3 is 9.55 Å². The van der Waals surface area contributed by atoms with Gasteiger partial charge in [0.25, 0.3) is 0 Å². The van der Waals surface area contributed by atoms with Crippen molar-refractivity contribution < 1.29 is 4.39 Å². The van der Waals surface area contributed by atoms with Gasteiger partial charge in [0.2, 0.25) is 0 Å². The Labute approximate surface area is 119 Å². The zero-order valence-corrected chi connectivity index (χ0v) is 11.2. The lowest BCUT2D eigenvalue weighted by atomic mass is 10.2. The summed E-state index contributed by atoms with van der Waals surface area (Å²) in [6, 6.07) is 13.9. The maximum atomic E-state index is 12.9. The minimum absolute atomic E-state index is 0.261. The van der Waals surface area contributed by atoms with Gasteiger partial charge in [-0.2, -0.15) is 5.26 Å². The number of rotatable bonds is 2. The van der Waals surface area contributed by atoms with Gasteiger partial charge in [-0.05, 0) is 42.0 Å². The fourth-order valence-electron chi connectivity index (χ4n) is 2.20. The fourth-order valence-corrected chi connectivity index (χ4v) is 2.47. The summed E-state index contributed by atoms with van der Waals surface area (Å²) in [4.78, 5) is 3.06. The predicted molar refractivity (Wildman–Crippen MR) is 77.3 cm³/mol.